The SMILES string of the molecule is CCCOc1ccc(-c2nc(-c3ccc(N=Cc4ccc(N(CCOS(C)(=O)=O)CCOS(C)(=O)=O)cc4Cl)cc3)cs2)cc1. The molecule has 4 aromatic rings. The molecule has 0 atom stereocenters. The van der Waals surface area contributed by atoms with Gasteiger partial charge < -0.3 is 9.64 Å². The molecule has 3 aromatic carbocycles. The number of anilines is 1. The van der Waals surface area contributed by atoms with E-state index in [-0.39, 0.29) is 26.3 Å². The molecule has 0 N–H and O–H groups in total. The van der Waals surface area contributed by atoms with E-state index in [2.05, 4.69) is 11.9 Å². The van der Waals surface area contributed by atoms with Gasteiger partial charge in [-0.15, -0.1) is 11.3 Å². The molecule has 0 unspecified atom stereocenters. The first kappa shape index (κ1) is 34.5. The van der Waals surface area contributed by atoms with Gasteiger partial charge in [-0.3, -0.25) is 13.4 Å². The molecule has 0 amide bonds. The van der Waals surface area contributed by atoms with E-state index in [1.165, 1.54) is 0 Å². The maximum Gasteiger partial charge on any atom is 0.264 e. The molecule has 0 fully saturated rings. The quantitative estimate of drug-likeness (QED) is 0.0966. The van der Waals surface area contributed by atoms with Crippen molar-refractivity contribution in [3.8, 4) is 27.6 Å². The fraction of sp³-hybridized carbons (Fsp3) is 0.290. The van der Waals surface area contributed by atoms with E-state index >= 15 is 0 Å². The third-order valence-corrected chi connectivity index (χ3v) is 8.67. The van der Waals surface area contributed by atoms with E-state index in [4.69, 9.17) is 29.7 Å². The first-order valence-electron chi connectivity index (χ1n) is 14.0. The van der Waals surface area contributed by atoms with Crippen LogP contribution in [0.5, 0.6) is 5.75 Å². The fourth-order valence-corrected chi connectivity index (χ4v) is 5.91. The van der Waals surface area contributed by atoms with Crippen molar-refractivity contribution in [1.29, 1.82) is 0 Å². The zero-order valence-corrected chi connectivity index (χ0v) is 28.3. The third-order valence-electron chi connectivity index (χ3n) is 6.26. The summed E-state index contributed by atoms with van der Waals surface area (Å²) < 4.78 is 60.9. The summed E-state index contributed by atoms with van der Waals surface area (Å²) in [6, 6.07) is 20.9. The Morgan fingerprint density at radius 1 is 0.867 bits per heavy atom. The first-order valence-corrected chi connectivity index (χ1v) is 18.9. The second-order valence-corrected chi connectivity index (χ2v) is 14.5. The summed E-state index contributed by atoms with van der Waals surface area (Å²) in [4.78, 5) is 11.1. The van der Waals surface area contributed by atoms with Gasteiger partial charge in [0, 0.05) is 47.1 Å². The third kappa shape index (κ3) is 11.2. The van der Waals surface area contributed by atoms with Gasteiger partial charge in [-0.05, 0) is 61.0 Å². The van der Waals surface area contributed by atoms with Crippen LogP contribution in [-0.2, 0) is 28.6 Å². The Kier molecular flexibility index (Phi) is 12.1. The lowest BCUT2D eigenvalue weighted by Gasteiger charge is -2.24. The minimum absolute atomic E-state index is 0.127. The van der Waals surface area contributed by atoms with Crippen molar-refractivity contribution in [1.82, 2.24) is 4.98 Å². The maximum absolute atomic E-state index is 11.4. The number of ether oxygens (including phenoxy) is 1. The summed E-state index contributed by atoms with van der Waals surface area (Å²) in [5.74, 6) is 0.849. The molecule has 0 aliphatic rings. The van der Waals surface area contributed by atoms with E-state index in [1.54, 1.807) is 40.7 Å². The van der Waals surface area contributed by atoms with Crippen LogP contribution in [0.25, 0.3) is 21.8 Å². The monoisotopic (exact) mass is 691 g/mol. The molecule has 0 spiro atoms. The van der Waals surface area contributed by atoms with Gasteiger partial charge in [-0.1, -0.05) is 30.7 Å². The van der Waals surface area contributed by atoms with Gasteiger partial charge in [0.2, 0.25) is 0 Å². The lowest BCUT2D eigenvalue weighted by atomic mass is 10.1. The van der Waals surface area contributed by atoms with E-state index in [1.807, 2.05) is 53.9 Å². The minimum atomic E-state index is -3.63. The summed E-state index contributed by atoms with van der Waals surface area (Å²) in [7, 11) is -7.26. The number of hydrogen-bond acceptors (Lipinski definition) is 11. The van der Waals surface area contributed by atoms with Gasteiger partial charge >= 0.3 is 0 Å². The normalized spacial score (nSPS) is 12.1. The van der Waals surface area contributed by atoms with Crippen LogP contribution in [0.3, 0.4) is 0 Å². The van der Waals surface area contributed by atoms with Crippen molar-refractivity contribution in [2.45, 2.75) is 13.3 Å². The molecule has 0 aliphatic heterocycles. The van der Waals surface area contributed by atoms with Gasteiger partial charge in [0.25, 0.3) is 20.2 Å². The molecular weight excluding hydrogens is 658 g/mol. The standard InChI is InChI=1S/C31H34ClN3O7S3/c1-4-17-40-28-13-8-24(9-14-28)31-34-30(22-43-31)23-5-10-26(11-6-23)33-21-25-7-12-27(20-29(25)32)35(15-18-41-44(2,36)37)16-19-42-45(3,38)39/h5-14,20-22H,4,15-19H2,1-3H3. The summed E-state index contributed by atoms with van der Waals surface area (Å²) in [6.45, 7) is 2.84. The highest BCUT2D eigenvalue weighted by Crippen LogP contribution is 2.31. The second kappa shape index (κ2) is 15.8. The van der Waals surface area contributed by atoms with Crippen molar-refractivity contribution >= 4 is 60.8 Å². The van der Waals surface area contributed by atoms with Crippen LogP contribution in [0.1, 0.15) is 18.9 Å². The lowest BCUT2D eigenvalue weighted by Crippen LogP contribution is -2.32. The molecule has 0 saturated carbocycles. The number of benzene rings is 3. The number of halogens is 1. The highest BCUT2D eigenvalue weighted by atomic mass is 35.5. The fourth-order valence-electron chi connectivity index (χ4n) is 4.10. The summed E-state index contributed by atoms with van der Waals surface area (Å²) in [5, 5.41) is 3.36. The second-order valence-electron chi connectivity index (χ2n) is 9.96. The first-order chi connectivity index (χ1) is 21.4. The lowest BCUT2D eigenvalue weighted by molar-refractivity contribution is 0.309. The Hall–Kier alpha value is -3.33. The minimum Gasteiger partial charge on any atom is -0.494 e. The van der Waals surface area contributed by atoms with Crippen molar-refractivity contribution in [2.24, 2.45) is 4.99 Å². The predicted molar refractivity (Wildman–Crippen MR) is 181 cm³/mol. The van der Waals surface area contributed by atoms with E-state index < -0.39 is 20.2 Å². The molecule has 45 heavy (non-hydrogen) atoms. The maximum atomic E-state index is 11.4. The smallest absolute Gasteiger partial charge is 0.264 e. The topological polar surface area (TPSA) is 124 Å². The van der Waals surface area contributed by atoms with E-state index in [0.717, 1.165) is 52.2 Å². The average molecular weight is 692 g/mol. The van der Waals surface area contributed by atoms with Crippen molar-refractivity contribution < 1.29 is 29.9 Å². The van der Waals surface area contributed by atoms with Crippen LogP contribution in [0.15, 0.2) is 77.1 Å². The van der Waals surface area contributed by atoms with Crippen LogP contribution in [0, 0.1) is 0 Å². The number of thiazole rings is 1. The van der Waals surface area contributed by atoms with Crippen molar-refractivity contribution in [3.63, 3.8) is 0 Å². The zero-order valence-electron chi connectivity index (χ0n) is 25.1. The highest BCUT2D eigenvalue weighted by Gasteiger charge is 2.13. The summed E-state index contributed by atoms with van der Waals surface area (Å²) in [5.41, 5.74) is 4.92. The number of rotatable bonds is 16. The Morgan fingerprint density at radius 2 is 1.49 bits per heavy atom. The van der Waals surface area contributed by atoms with Crippen molar-refractivity contribution in [3.05, 3.63) is 82.7 Å². The van der Waals surface area contributed by atoms with Crippen molar-refractivity contribution in [2.75, 3.05) is 50.3 Å². The van der Waals surface area contributed by atoms with Gasteiger partial charge in [-0.25, -0.2) is 4.98 Å². The number of aliphatic imine (C=N–C) groups is 1. The van der Waals surface area contributed by atoms with Crippen LogP contribution in [0.4, 0.5) is 11.4 Å². The van der Waals surface area contributed by atoms with Gasteiger partial charge in [0.1, 0.15) is 10.8 Å². The van der Waals surface area contributed by atoms with Crippen LogP contribution in [0.2, 0.25) is 5.02 Å². The largest absolute Gasteiger partial charge is 0.494 e. The average Bonchev–Trinajstić information content (AvgIpc) is 3.48. The molecule has 4 rings (SSSR count). The number of hydrogen-bond donors (Lipinski definition) is 0. The molecule has 0 bridgehead atoms. The molecule has 0 radical (unpaired) electrons. The van der Waals surface area contributed by atoms with Crippen LogP contribution >= 0.6 is 22.9 Å². The molecule has 10 nitrogen and oxygen atoms in total. The molecule has 14 heteroatoms. The molecule has 0 aliphatic carbocycles. The summed E-state index contributed by atoms with van der Waals surface area (Å²) in [6.07, 6.45) is 4.54. The summed E-state index contributed by atoms with van der Waals surface area (Å²) >= 11 is 8.14. The molecular formula is C31H34ClN3O7S3. The Balaban J connectivity index is 1.41. The van der Waals surface area contributed by atoms with Gasteiger partial charge in [-0.2, -0.15) is 16.8 Å². The molecule has 1 aromatic heterocycles. The highest BCUT2D eigenvalue weighted by molar-refractivity contribution is 7.86. The van der Waals surface area contributed by atoms with E-state index in [0.29, 0.717) is 22.9 Å². The predicted octanol–water partition coefficient (Wildman–Crippen LogP) is 6.43. The van der Waals surface area contributed by atoms with Crippen LogP contribution in [-0.4, -0.2) is 73.5 Å². The molecule has 1 heterocycles. The molecule has 0 saturated heterocycles. The Bertz CT molecular complexity index is 1770. The van der Waals surface area contributed by atoms with E-state index in [9.17, 15) is 16.8 Å². The Morgan fingerprint density at radius 3 is 2.07 bits per heavy atom. The number of aromatic nitrogens is 1. The van der Waals surface area contributed by atoms with Gasteiger partial charge in [0.05, 0.1) is 48.7 Å². The van der Waals surface area contributed by atoms with Crippen LogP contribution < -0.4 is 9.64 Å². The molecule has 240 valence electrons. The zero-order chi connectivity index (χ0) is 32.5. The number of nitrogens with zero attached hydrogens (tertiary/aromatic N) is 3. The van der Waals surface area contributed by atoms with Gasteiger partial charge in [0.15, 0.2) is 0 Å². The Labute approximate surface area is 273 Å².